The zero-order chi connectivity index (χ0) is 17.0. The van der Waals surface area contributed by atoms with Crippen LogP contribution in [0.3, 0.4) is 0 Å². The Morgan fingerprint density at radius 2 is 2.13 bits per heavy atom. The largest absolute Gasteiger partial charge is 0.345 e. The summed E-state index contributed by atoms with van der Waals surface area (Å²) < 4.78 is 13.9. The van der Waals surface area contributed by atoms with Crippen LogP contribution in [0, 0.1) is 10.1 Å². The van der Waals surface area contributed by atoms with Crippen LogP contribution in [0.4, 0.5) is 15.8 Å². The molecule has 1 N–H and O–H groups in total. The van der Waals surface area contributed by atoms with Crippen molar-refractivity contribution in [2.24, 2.45) is 0 Å². The topological polar surface area (TPSA) is 68.1 Å². The van der Waals surface area contributed by atoms with Crippen LogP contribution in [-0.4, -0.2) is 35.4 Å². The number of thiocarbonyl (C=S) groups is 1. The Kier molecular flexibility index (Phi) is 5.38. The molecular formula is C13H12B2FN3O2S2. The number of pyridine rings is 1. The van der Waals surface area contributed by atoms with Gasteiger partial charge in [0.2, 0.25) is 0 Å². The molecule has 23 heavy (non-hydrogen) atoms. The van der Waals surface area contributed by atoms with E-state index in [4.69, 9.17) is 12.2 Å². The zero-order valence-electron chi connectivity index (χ0n) is 12.4. The highest BCUT2D eigenvalue weighted by atomic mass is 32.2. The number of hydrogen-bond donors (Lipinski definition) is 1. The molecule has 116 valence electrons. The minimum absolute atomic E-state index is 0.143. The second-order valence-corrected chi connectivity index (χ2v) is 7.10. The number of rotatable bonds is 5. The molecule has 0 fully saturated rings. The van der Waals surface area contributed by atoms with Gasteiger partial charge in [-0.2, -0.15) is 0 Å². The number of halogens is 1. The van der Waals surface area contributed by atoms with Crippen LogP contribution < -0.4 is 5.32 Å². The van der Waals surface area contributed by atoms with Gasteiger partial charge in [0.15, 0.2) is 15.7 Å². The minimum Gasteiger partial charge on any atom is -0.345 e. The number of nitro benzene ring substituents is 1. The molecule has 0 atom stereocenters. The van der Waals surface area contributed by atoms with Crippen molar-refractivity contribution < 1.29 is 9.31 Å². The lowest BCUT2D eigenvalue weighted by Crippen LogP contribution is -2.17. The molecule has 0 aliphatic heterocycles. The van der Waals surface area contributed by atoms with E-state index < -0.39 is 9.72 Å². The molecule has 0 radical (unpaired) electrons. The minimum atomic E-state index is -1.63. The van der Waals surface area contributed by atoms with E-state index in [2.05, 4.69) is 10.3 Å². The van der Waals surface area contributed by atoms with E-state index in [0.29, 0.717) is 16.4 Å². The van der Waals surface area contributed by atoms with Gasteiger partial charge in [0, 0.05) is 18.0 Å². The molecule has 10 heteroatoms. The number of nitrogens with one attached hydrogen (secondary N) is 1. The van der Waals surface area contributed by atoms with Crippen LogP contribution in [0.25, 0.3) is 0 Å². The Labute approximate surface area is 144 Å². The van der Waals surface area contributed by atoms with Gasteiger partial charge in [-0.05, 0) is 24.3 Å². The van der Waals surface area contributed by atoms with Gasteiger partial charge in [-0.15, -0.1) is 0 Å². The van der Waals surface area contributed by atoms with E-state index in [1.807, 2.05) is 0 Å². The fourth-order valence-electron chi connectivity index (χ4n) is 1.78. The van der Waals surface area contributed by atoms with Crippen molar-refractivity contribution in [3.8, 4) is 0 Å². The number of aromatic nitrogens is 1. The highest BCUT2D eigenvalue weighted by Gasteiger charge is 2.24. The second-order valence-electron chi connectivity index (χ2n) is 5.07. The summed E-state index contributed by atoms with van der Waals surface area (Å²) in [5.74, 6) is 0. The van der Waals surface area contributed by atoms with Gasteiger partial charge in [-0.25, -0.2) is 0 Å². The molecule has 0 aliphatic carbocycles. The van der Waals surface area contributed by atoms with Crippen LogP contribution in [-0.2, 0) is 0 Å². The Morgan fingerprint density at radius 1 is 1.39 bits per heavy atom. The van der Waals surface area contributed by atoms with Crippen molar-refractivity contribution in [3.05, 3.63) is 58.4 Å². The smallest absolute Gasteiger partial charge is 0.283 e. The summed E-state index contributed by atoms with van der Waals surface area (Å²) >= 11 is 6.04. The summed E-state index contributed by atoms with van der Waals surface area (Å²) in [5.41, 5.74) is 0.980. The van der Waals surface area contributed by atoms with Gasteiger partial charge >= 0.3 is 0 Å². The van der Waals surface area contributed by atoms with E-state index in [1.54, 1.807) is 24.4 Å². The predicted molar refractivity (Wildman–Crippen MR) is 99.4 cm³/mol. The summed E-state index contributed by atoms with van der Waals surface area (Å²) in [5, 5.41) is 14.0. The van der Waals surface area contributed by atoms with E-state index >= 15 is 0 Å². The first-order valence-corrected chi connectivity index (χ1v) is 7.87. The van der Waals surface area contributed by atoms with Crippen molar-refractivity contribution in [3.63, 3.8) is 0 Å². The molecule has 1 heterocycles. The number of nitro groups is 1. The molecule has 2 aromatic rings. The second kappa shape index (κ2) is 7.10. The Bertz CT molecular complexity index is 742. The van der Waals surface area contributed by atoms with E-state index in [0.717, 1.165) is 11.8 Å². The SMILES string of the molecule is BC(B)(F)Sc1cc(NC(=S)c2ccccn2)ccc1[N+](=O)[O-]. The molecule has 0 bridgehead atoms. The molecule has 0 unspecified atom stereocenters. The number of thioether (sulfide) groups is 1. The third kappa shape index (κ3) is 5.04. The quantitative estimate of drug-likeness (QED) is 0.292. The van der Waals surface area contributed by atoms with Gasteiger partial charge < -0.3 is 5.32 Å². The van der Waals surface area contributed by atoms with E-state index in [1.165, 1.54) is 33.9 Å². The summed E-state index contributed by atoms with van der Waals surface area (Å²) in [4.78, 5) is 13.7. The average Bonchev–Trinajstić information content (AvgIpc) is 2.46. The van der Waals surface area contributed by atoms with Crippen molar-refractivity contribution in [1.82, 2.24) is 4.98 Å². The molecule has 0 saturated heterocycles. The summed E-state index contributed by atoms with van der Waals surface area (Å²) in [6.45, 7) is 0. The zero-order valence-corrected chi connectivity index (χ0v) is 14.1. The lowest BCUT2D eigenvalue weighted by molar-refractivity contribution is -0.387. The molecule has 0 saturated carbocycles. The van der Waals surface area contributed by atoms with Crippen LogP contribution in [0.2, 0.25) is 0 Å². The first-order chi connectivity index (χ1) is 10.8. The van der Waals surface area contributed by atoms with E-state index in [9.17, 15) is 14.5 Å². The monoisotopic (exact) mass is 347 g/mol. The van der Waals surface area contributed by atoms with Crippen molar-refractivity contribution >= 4 is 56.0 Å². The van der Waals surface area contributed by atoms with Crippen LogP contribution in [0.1, 0.15) is 5.69 Å². The first-order valence-electron chi connectivity index (χ1n) is 6.65. The van der Waals surface area contributed by atoms with Crippen molar-refractivity contribution in [2.45, 2.75) is 9.69 Å². The van der Waals surface area contributed by atoms with Gasteiger partial charge in [-0.3, -0.25) is 19.5 Å². The van der Waals surface area contributed by atoms with Crippen molar-refractivity contribution in [1.29, 1.82) is 0 Å². The average molecular weight is 347 g/mol. The molecule has 0 aliphatic rings. The Balaban J connectivity index is 2.28. The molecule has 1 aromatic carbocycles. The highest BCUT2D eigenvalue weighted by molar-refractivity contribution is 8.03. The van der Waals surface area contributed by atoms with Crippen molar-refractivity contribution in [2.75, 3.05) is 5.32 Å². The van der Waals surface area contributed by atoms with Gasteiger partial charge in [-0.1, -0.05) is 30.0 Å². The van der Waals surface area contributed by atoms with Crippen LogP contribution in [0.15, 0.2) is 47.5 Å². The number of anilines is 1. The molecule has 0 spiro atoms. The standard InChI is InChI=1S/C13H12B2FN3O2S2/c14-13(15,16)23-11-7-8(4-5-10(11)19(20)21)18-12(22)9-3-1-2-6-17-9/h1-7H,14-15H2,(H,18,22). The Hall–Kier alpha value is -1.93. The maximum absolute atomic E-state index is 13.9. The van der Waals surface area contributed by atoms with Gasteiger partial charge in [0.25, 0.3) is 5.69 Å². The Morgan fingerprint density at radius 3 is 2.70 bits per heavy atom. The fraction of sp³-hybridized carbons (Fsp3) is 0.0769. The lowest BCUT2D eigenvalue weighted by atomic mass is 9.83. The first kappa shape index (κ1) is 17.4. The van der Waals surface area contributed by atoms with Crippen LogP contribution >= 0.6 is 24.0 Å². The summed E-state index contributed by atoms with van der Waals surface area (Å²) in [6.07, 6.45) is 1.62. The number of alkyl halides is 1. The lowest BCUT2D eigenvalue weighted by Gasteiger charge is -2.15. The third-order valence-corrected chi connectivity index (χ3v) is 4.01. The number of nitrogens with zero attached hydrogens (tertiary/aromatic N) is 2. The summed E-state index contributed by atoms with van der Waals surface area (Å²) in [7, 11) is 2.69. The summed E-state index contributed by atoms with van der Waals surface area (Å²) in [6, 6.07) is 9.70. The number of hydrogen-bond acceptors (Lipinski definition) is 5. The van der Waals surface area contributed by atoms with E-state index in [-0.39, 0.29) is 10.6 Å². The highest BCUT2D eigenvalue weighted by Crippen LogP contribution is 2.37. The normalized spacial score (nSPS) is 11.0. The molecule has 2 rings (SSSR count). The molecular weight excluding hydrogens is 335 g/mol. The maximum Gasteiger partial charge on any atom is 0.283 e. The van der Waals surface area contributed by atoms with Crippen LogP contribution in [0.5, 0.6) is 0 Å². The van der Waals surface area contributed by atoms with Gasteiger partial charge in [0.1, 0.15) is 4.99 Å². The number of benzene rings is 1. The molecule has 5 nitrogen and oxygen atoms in total. The maximum atomic E-state index is 13.9. The fourth-order valence-corrected chi connectivity index (χ4v) is 2.97. The third-order valence-electron chi connectivity index (χ3n) is 2.66. The predicted octanol–water partition coefficient (Wildman–Crippen LogP) is 1.72. The van der Waals surface area contributed by atoms with Gasteiger partial charge in [0.05, 0.1) is 20.3 Å². The molecule has 0 amide bonds. The molecule has 1 aromatic heterocycles.